The van der Waals surface area contributed by atoms with Crippen molar-refractivity contribution < 1.29 is 0 Å². The number of hydrogen-bond acceptors (Lipinski definition) is 2. The Hall–Kier alpha value is -0.0800. The van der Waals surface area contributed by atoms with Crippen LogP contribution >= 0.6 is 0 Å². The fourth-order valence-electron chi connectivity index (χ4n) is 3.77. The van der Waals surface area contributed by atoms with E-state index in [9.17, 15) is 0 Å². The van der Waals surface area contributed by atoms with E-state index in [-0.39, 0.29) is 0 Å². The molecule has 0 radical (unpaired) electrons. The summed E-state index contributed by atoms with van der Waals surface area (Å²) < 4.78 is 0. The topological polar surface area (TPSA) is 15.3 Å². The third kappa shape index (κ3) is 3.03. The molecule has 3 aliphatic rings. The normalized spacial score (nSPS) is 39.7. The second kappa shape index (κ2) is 5.27. The fraction of sp³-hybridized carbons (Fsp3) is 1.00. The van der Waals surface area contributed by atoms with Gasteiger partial charge >= 0.3 is 0 Å². The number of nitrogens with one attached hydrogen (secondary N) is 1. The van der Waals surface area contributed by atoms with Gasteiger partial charge in [0.2, 0.25) is 0 Å². The number of rotatable bonds is 4. The second-order valence-corrected chi connectivity index (χ2v) is 6.50. The Morgan fingerprint density at radius 1 is 0.941 bits per heavy atom. The van der Waals surface area contributed by atoms with Crippen molar-refractivity contribution in [1.82, 2.24) is 10.2 Å². The van der Waals surface area contributed by atoms with Gasteiger partial charge in [-0.1, -0.05) is 13.3 Å². The molecule has 2 aliphatic carbocycles. The Morgan fingerprint density at radius 2 is 1.71 bits per heavy atom. The lowest BCUT2D eigenvalue weighted by molar-refractivity contribution is 0.261. The fourth-order valence-corrected chi connectivity index (χ4v) is 3.77. The predicted octanol–water partition coefficient (Wildman–Crippen LogP) is 2.78. The van der Waals surface area contributed by atoms with E-state index >= 15 is 0 Å². The maximum Gasteiger partial charge on any atom is 0.0209 e. The van der Waals surface area contributed by atoms with Gasteiger partial charge in [-0.25, -0.2) is 0 Å². The Labute approximate surface area is 106 Å². The van der Waals surface area contributed by atoms with E-state index in [1.807, 2.05) is 0 Å². The average Bonchev–Trinajstić information content (AvgIpc) is 3.12. The minimum atomic E-state index is 0.804. The molecule has 0 aromatic carbocycles. The van der Waals surface area contributed by atoms with E-state index in [4.69, 9.17) is 0 Å². The van der Waals surface area contributed by atoms with Crippen LogP contribution in [-0.2, 0) is 0 Å². The highest BCUT2D eigenvalue weighted by molar-refractivity contribution is 4.93. The molecule has 1 unspecified atom stereocenters. The molecule has 0 bridgehead atoms. The highest BCUT2D eigenvalue weighted by atomic mass is 15.2. The molecule has 3 fully saturated rings. The molecule has 0 aromatic rings. The van der Waals surface area contributed by atoms with Crippen LogP contribution in [0.15, 0.2) is 0 Å². The molecule has 1 aliphatic heterocycles. The van der Waals surface area contributed by atoms with Gasteiger partial charge in [-0.2, -0.15) is 0 Å². The summed E-state index contributed by atoms with van der Waals surface area (Å²) in [5.74, 6) is 1.03. The molecule has 1 atom stereocenters. The van der Waals surface area contributed by atoms with E-state index in [0.717, 1.165) is 24.0 Å². The molecule has 0 aromatic heterocycles. The van der Waals surface area contributed by atoms with Gasteiger partial charge in [-0.05, 0) is 50.9 Å². The first kappa shape index (κ1) is 12.0. The second-order valence-electron chi connectivity index (χ2n) is 6.50. The molecule has 1 heterocycles. The van der Waals surface area contributed by atoms with E-state index in [0.29, 0.717) is 0 Å². The van der Waals surface area contributed by atoms with Gasteiger partial charge in [-0.15, -0.1) is 0 Å². The van der Waals surface area contributed by atoms with Gasteiger partial charge in [-0.3, -0.25) is 4.90 Å². The van der Waals surface area contributed by atoms with Crippen molar-refractivity contribution >= 4 is 0 Å². The summed E-state index contributed by atoms with van der Waals surface area (Å²) in [4.78, 5) is 2.72. The van der Waals surface area contributed by atoms with Crippen LogP contribution in [0.1, 0.15) is 58.3 Å². The van der Waals surface area contributed by atoms with Crippen LogP contribution in [0, 0.1) is 5.92 Å². The van der Waals surface area contributed by atoms with Gasteiger partial charge in [0.25, 0.3) is 0 Å². The van der Waals surface area contributed by atoms with E-state index in [2.05, 4.69) is 17.1 Å². The lowest BCUT2D eigenvalue weighted by Crippen LogP contribution is -2.42. The van der Waals surface area contributed by atoms with Gasteiger partial charge in [0.15, 0.2) is 0 Å². The van der Waals surface area contributed by atoms with Crippen LogP contribution in [0.3, 0.4) is 0 Å². The number of likely N-dealkylation sites (tertiary alicyclic amines) is 1. The molecule has 2 nitrogen and oxygen atoms in total. The molecule has 1 N–H and O–H groups in total. The third-order valence-electron chi connectivity index (χ3n) is 5.18. The number of hydrogen-bond donors (Lipinski definition) is 1. The van der Waals surface area contributed by atoms with Gasteiger partial charge in [0, 0.05) is 31.2 Å². The standard InChI is InChI=1S/C15H28N2/c1-2-12-3-5-13(6-4-12)16-14-9-10-17(11-14)15-7-8-15/h12-16H,2-11H2,1H3. The molecule has 2 heteroatoms. The van der Waals surface area contributed by atoms with Gasteiger partial charge in [0.05, 0.1) is 0 Å². The minimum absolute atomic E-state index is 0.804. The zero-order valence-electron chi connectivity index (χ0n) is 11.3. The van der Waals surface area contributed by atoms with Crippen molar-refractivity contribution in [3.8, 4) is 0 Å². The molecule has 0 spiro atoms. The van der Waals surface area contributed by atoms with Crippen molar-refractivity contribution in [2.24, 2.45) is 5.92 Å². The van der Waals surface area contributed by atoms with E-state index in [1.165, 1.54) is 64.5 Å². The Morgan fingerprint density at radius 3 is 2.35 bits per heavy atom. The molecule has 98 valence electrons. The van der Waals surface area contributed by atoms with Gasteiger partial charge in [0.1, 0.15) is 0 Å². The smallest absolute Gasteiger partial charge is 0.0209 e. The Kier molecular flexibility index (Phi) is 3.72. The quantitative estimate of drug-likeness (QED) is 0.807. The molecule has 17 heavy (non-hydrogen) atoms. The van der Waals surface area contributed by atoms with Crippen LogP contribution in [0.25, 0.3) is 0 Å². The molecule has 2 saturated carbocycles. The molecule has 0 amide bonds. The lowest BCUT2D eigenvalue weighted by atomic mass is 9.84. The van der Waals surface area contributed by atoms with Crippen LogP contribution in [0.5, 0.6) is 0 Å². The molecular weight excluding hydrogens is 208 g/mol. The van der Waals surface area contributed by atoms with Crippen LogP contribution in [0.2, 0.25) is 0 Å². The molecule has 1 saturated heterocycles. The third-order valence-corrected chi connectivity index (χ3v) is 5.18. The SMILES string of the molecule is CCC1CCC(NC2CCN(C3CC3)C2)CC1. The Bertz CT molecular complexity index is 241. The average molecular weight is 236 g/mol. The Balaban J connectivity index is 1.39. The summed E-state index contributed by atoms with van der Waals surface area (Å²) >= 11 is 0. The van der Waals surface area contributed by atoms with Crippen molar-refractivity contribution in [3.63, 3.8) is 0 Å². The maximum absolute atomic E-state index is 3.93. The highest BCUT2D eigenvalue weighted by Gasteiger charge is 2.35. The first-order chi connectivity index (χ1) is 8.35. The van der Waals surface area contributed by atoms with Crippen molar-refractivity contribution in [1.29, 1.82) is 0 Å². The molecular formula is C15H28N2. The zero-order chi connectivity index (χ0) is 11.7. The summed E-state index contributed by atoms with van der Waals surface area (Å²) in [5.41, 5.74) is 0. The van der Waals surface area contributed by atoms with Gasteiger partial charge < -0.3 is 5.32 Å². The van der Waals surface area contributed by atoms with Crippen molar-refractivity contribution in [3.05, 3.63) is 0 Å². The summed E-state index contributed by atoms with van der Waals surface area (Å²) in [6.45, 7) is 5.04. The van der Waals surface area contributed by atoms with Crippen LogP contribution in [-0.4, -0.2) is 36.1 Å². The highest BCUT2D eigenvalue weighted by Crippen LogP contribution is 2.31. The monoisotopic (exact) mass is 236 g/mol. The minimum Gasteiger partial charge on any atom is -0.310 e. The lowest BCUT2D eigenvalue weighted by Gasteiger charge is -2.30. The molecule has 3 rings (SSSR count). The summed E-state index contributed by atoms with van der Waals surface area (Å²) in [5, 5.41) is 3.93. The van der Waals surface area contributed by atoms with Crippen LogP contribution in [0.4, 0.5) is 0 Å². The van der Waals surface area contributed by atoms with Crippen LogP contribution < -0.4 is 5.32 Å². The number of nitrogens with zero attached hydrogens (tertiary/aromatic N) is 1. The largest absolute Gasteiger partial charge is 0.310 e. The first-order valence-corrected chi connectivity index (χ1v) is 7.85. The zero-order valence-corrected chi connectivity index (χ0v) is 11.3. The predicted molar refractivity (Wildman–Crippen MR) is 72.2 cm³/mol. The summed E-state index contributed by atoms with van der Waals surface area (Å²) in [6, 6.07) is 2.61. The first-order valence-electron chi connectivity index (χ1n) is 7.85. The van der Waals surface area contributed by atoms with E-state index in [1.54, 1.807) is 0 Å². The van der Waals surface area contributed by atoms with Crippen molar-refractivity contribution in [2.45, 2.75) is 76.4 Å². The van der Waals surface area contributed by atoms with E-state index < -0.39 is 0 Å². The summed E-state index contributed by atoms with van der Waals surface area (Å²) in [7, 11) is 0. The maximum atomic E-state index is 3.93. The van der Waals surface area contributed by atoms with Crippen molar-refractivity contribution in [2.75, 3.05) is 13.1 Å². The summed E-state index contributed by atoms with van der Waals surface area (Å²) in [6.07, 6.45) is 11.5.